The summed E-state index contributed by atoms with van der Waals surface area (Å²) >= 11 is 0. The fourth-order valence-corrected chi connectivity index (χ4v) is 1.78. The van der Waals surface area contributed by atoms with Crippen LogP contribution in [0.15, 0.2) is 24.3 Å². The lowest BCUT2D eigenvalue weighted by Gasteiger charge is -2.13. The summed E-state index contributed by atoms with van der Waals surface area (Å²) in [6, 6.07) is 7.72. The second-order valence-electron chi connectivity index (χ2n) is 5.03. The third-order valence-electron chi connectivity index (χ3n) is 3.25. The van der Waals surface area contributed by atoms with E-state index in [0.717, 1.165) is 24.2 Å². The van der Waals surface area contributed by atoms with Gasteiger partial charge in [0, 0.05) is 18.7 Å². The Morgan fingerprint density at radius 3 is 2.33 bits per heavy atom. The van der Waals surface area contributed by atoms with Crippen LogP contribution in [0.4, 0.5) is 5.69 Å². The Hall–Kier alpha value is -1.88. The molecule has 0 aliphatic carbocycles. The highest BCUT2D eigenvalue weighted by Crippen LogP contribution is 2.10. The smallest absolute Gasteiger partial charge is 0.238 e. The van der Waals surface area contributed by atoms with Crippen molar-refractivity contribution in [1.29, 1.82) is 0 Å². The average Bonchev–Trinajstić information content (AvgIpc) is 2.48. The zero-order valence-electron chi connectivity index (χ0n) is 13.1. The zero-order chi connectivity index (χ0) is 15.7. The van der Waals surface area contributed by atoms with Crippen LogP contribution in [-0.4, -0.2) is 43.4 Å². The van der Waals surface area contributed by atoms with E-state index in [-0.39, 0.29) is 11.8 Å². The van der Waals surface area contributed by atoms with Crippen LogP contribution in [0.2, 0.25) is 0 Å². The van der Waals surface area contributed by atoms with Crippen LogP contribution in [0.3, 0.4) is 0 Å². The quantitative estimate of drug-likeness (QED) is 0.765. The third-order valence-corrected chi connectivity index (χ3v) is 3.25. The summed E-state index contributed by atoms with van der Waals surface area (Å²) in [6.45, 7) is 5.72. The molecular formula is C16H25N3O2. The summed E-state index contributed by atoms with van der Waals surface area (Å²) < 4.78 is 0. The number of benzene rings is 1. The van der Waals surface area contributed by atoms with E-state index in [2.05, 4.69) is 10.6 Å². The molecule has 0 heterocycles. The molecule has 0 fully saturated rings. The van der Waals surface area contributed by atoms with Gasteiger partial charge in [-0.15, -0.1) is 0 Å². The van der Waals surface area contributed by atoms with Crippen LogP contribution >= 0.6 is 0 Å². The topological polar surface area (TPSA) is 61.4 Å². The van der Waals surface area contributed by atoms with Gasteiger partial charge in [0.15, 0.2) is 0 Å². The maximum absolute atomic E-state index is 11.7. The second-order valence-corrected chi connectivity index (χ2v) is 5.03. The van der Waals surface area contributed by atoms with Gasteiger partial charge in [0.05, 0.1) is 6.54 Å². The number of nitrogens with one attached hydrogen (secondary N) is 2. The number of carbonyl (C=O) groups excluding carboxylic acids is 2. The molecule has 5 nitrogen and oxygen atoms in total. The SMILES string of the molecule is CCC(=O)NCCc1ccc(NC(=O)CN(C)CC)cc1. The van der Waals surface area contributed by atoms with Crippen molar-refractivity contribution in [2.45, 2.75) is 26.7 Å². The number of likely N-dealkylation sites (N-methyl/N-ethyl adjacent to an activating group) is 1. The lowest BCUT2D eigenvalue weighted by Crippen LogP contribution is -2.29. The van der Waals surface area contributed by atoms with Crippen LogP contribution in [0.25, 0.3) is 0 Å². The summed E-state index contributed by atoms with van der Waals surface area (Å²) in [5.41, 5.74) is 1.93. The van der Waals surface area contributed by atoms with Gasteiger partial charge in [-0.25, -0.2) is 0 Å². The van der Waals surface area contributed by atoms with Gasteiger partial charge in [-0.1, -0.05) is 26.0 Å². The molecule has 0 aliphatic heterocycles. The summed E-state index contributed by atoms with van der Waals surface area (Å²) in [5, 5.41) is 5.71. The molecule has 0 spiro atoms. The molecular weight excluding hydrogens is 266 g/mol. The zero-order valence-corrected chi connectivity index (χ0v) is 13.1. The van der Waals surface area contributed by atoms with E-state index in [1.165, 1.54) is 0 Å². The molecule has 21 heavy (non-hydrogen) atoms. The van der Waals surface area contributed by atoms with Gasteiger partial charge in [0.1, 0.15) is 0 Å². The lowest BCUT2D eigenvalue weighted by molar-refractivity contribution is -0.120. The fourth-order valence-electron chi connectivity index (χ4n) is 1.78. The molecule has 1 rings (SSSR count). The molecule has 116 valence electrons. The van der Waals surface area contributed by atoms with Crippen molar-refractivity contribution >= 4 is 17.5 Å². The van der Waals surface area contributed by atoms with Crippen molar-refractivity contribution < 1.29 is 9.59 Å². The highest BCUT2D eigenvalue weighted by molar-refractivity contribution is 5.92. The number of amides is 2. The summed E-state index contributed by atoms with van der Waals surface area (Å²) in [5.74, 6) is 0.0567. The molecule has 1 aromatic carbocycles. The number of nitrogens with zero attached hydrogens (tertiary/aromatic N) is 1. The van der Waals surface area contributed by atoms with Crippen molar-refractivity contribution in [3.05, 3.63) is 29.8 Å². The van der Waals surface area contributed by atoms with Gasteiger partial charge >= 0.3 is 0 Å². The van der Waals surface area contributed by atoms with Gasteiger partial charge in [-0.3, -0.25) is 14.5 Å². The Morgan fingerprint density at radius 2 is 1.76 bits per heavy atom. The highest BCUT2D eigenvalue weighted by atomic mass is 16.2. The Labute approximate surface area is 126 Å². The fraction of sp³-hybridized carbons (Fsp3) is 0.500. The van der Waals surface area contributed by atoms with Gasteiger partial charge in [-0.2, -0.15) is 0 Å². The number of carbonyl (C=O) groups is 2. The Morgan fingerprint density at radius 1 is 1.10 bits per heavy atom. The molecule has 0 bridgehead atoms. The highest BCUT2D eigenvalue weighted by Gasteiger charge is 2.05. The van der Waals surface area contributed by atoms with E-state index in [9.17, 15) is 9.59 Å². The normalized spacial score (nSPS) is 10.5. The van der Waals surface area contributed by atoms with Crippen molar-refractivity contribution in [2.75, 3.05) is 32.0 Å². The number of hydrogen-bond donors (Lipinski definition) is 2. The number of anilines is 1. The van der Waals surface area contributed by atoms with Crippen molar-refractivity contribution in [1.82, 2.24) is 10.2 Å². The molecule has 0 aliphatic rings. The Bertz CT molecular complexity index is 457. The van der Waals surface area contributed by atoms with Crippen LogP contribution < -0.4 is 10.6 Å². The lowest BCUT2D eigenvalue weighted by atomic mass is 10.1. The molecule has 0 radical (unpaired) electrons. The molecule has 2 N–H and O–H groups in total. The average molecular weight is 291 g/mol. The Kier molecular flexibility index (Phi) is 7.46. The largest absolute Gasteiger partial charge is 0.356 e. The van der Waals surface area contributed by atoms with Crippen molar-refractivity contribution in [3.63, 3.8) is 0 Å². The van der Waals surface area contributed by atoms with Gasteiger partial charge in [0.25, 0.3) is 0 Å². The summed E-state index contributed by atoms with van der Waals surface area (Å²) in [6.07, 6.45) is 1.30. The van der Waals surface area contributed by atoms with Crippen LogP contribution in [-0.2, 0) is 16.0 Å². The molecule has 0 saturated heterocycles. The summed E-state index contributed by atoms with van der Waals surface area (Å²) in [4.78, 5) is 24.8. The minimum atomic E-state index is -0.0118. The number of hydrogen-bond acceptors (Lipinski definition) is 3. The monoisotopic (exact) mass is 291 g/mol. The predicted octanol–water partition coefficient (Wildman–Crippen LogP) is 1.65. The number of rotatable bonds is 8. The van der Waals surface area contributed by atoms with E-state index < -0.39 is 0 Å². The first-order valence-electron chi connectivity index (χ1n) is 7.39. The second kappa shape index (κ2) is 9.13. The van der Waals surface area contributed by atoms with E-state index in [1.807, 2.05) is 50.1 Å². The third kappa shape index (κ3) is 6.90. The molecule has 2 amide bonds. The molecule has 0 unspecified atom stereocenters. The molecule has 0 saturated carbocycles. The van der Waals surface area contributed by atoms with E-state index in [1.54, 1.807) is 0 Å². The maximum Gasteiger partial charge on any atom is 0.238 e. The van der Waals surface area contributed by atoms with E-state index >= 15 is 0 Å². The molecule has 5 heteroatoms. The molecule has 0 aromatic heterocycles. The van der Waals surface area contributed by atoms with E-state index in [0.29, 0.717) is 19.5 Å². The minimum absolute atomic E-state index is 0.0118. The van der Waals surface area contributed by atoms with Gasteiger partial charge in [-0.05, 0) is 37.7 Å². The van der Waals surface area contributed by atoms with E-state index in [4.69, 9.17) is 0 Å². The first-order valence-corrected chi connectivity index (χ1v) is 7.39. The maximum atomic E-state index is 11.7. The molecule has 0 atom stereocenters. The summed E-state index contributed by atoms with van der Waals surface area (Å²) in [7, 11) is 1.91. The van der Waals surface area contributed by atoms with Crippen LogP contribution in [0.1, 0.15) is 25.8 Å². The van der Waals surface area contributed by atoms with Gasteiger partial charge in [0.2, 0.25) is 11.8 Å². The van der Waals surface area contributed by atoms with Gasteiger partial charge < -0.3 is 10.6 Å². The van der Waals surface area contributed by atoms with Crippen molar-refractivity contribution in [2.24, 2.45) is 0 Å². The molecule has 1 aromatic rings. The van der Waals surface area contributed by atoms with Crippen LogP contribution in [0.5, 0.6) is 0 Å². The standard InChI is InChI=1S/C16H25N3O2/c1-4-15(20)17-11-10-13-6-8-14(9-7-13)18-16(21)12-19(3)5-2/h6-9H,4-5,10-12H2,1-3H3,(H,17,20)(H,18,21). The first kappa shape index (κ1) is 17.2. The predicted molar refractivity (Wildman–Crippen MR) is 85.2 cm³/mol. The Balaban J connectivity index is 2.39. The van der Waals surface area contributed by atoms with Crippen molar-refractivity contribution in [3.8, 4) is 0 Å². The first-order chi connectivity index (χ1) is 10.0. The minimum Gasteiger partial charge on any atom is -0.356 e. The van der Waals surface area contributed by atoms with Crippen LogP contribution in [0, 0.1) is 0 Å².